The van der Waals surface area contributed by atoms with Gasteiger partial charge >= 0.3 is 12.0 Å². The Bertz CT molecular complexity index is 523. The van der Waals surface area contributed by atoms with E-state index in [-0.39, 0.29) is 18.3 Å². The Balaban J connectivity index is 2.54. The average molecular weight is 408 g/mol. The number of carboxylic acids is 1. The number of urea groups is 1. The molecule has 1 rings (SSSR count). The molecule has 116 valence electrons. The number of carbonyl (C=O) groups is 2. The number of nitrogens with one attached hydrogen (secondary N) is 2. The van der Waals surface area contributed by atoms with Crippen LogP contribution < -0.4 is 10.6 Å². The second kappa shape index (κ2) is 8.16. The Morgan fingerprint density at radius 2 is 2.05 bits per heavy atom. The van der Waals surface area contributed by atoms with Gasteiger partial charge in [0.15, 0.2) is 0 Å². The third-order valence-electron chi connectivity index (χ3n) is 2.79. The molecule has 1 atom stereocenters. The Kier molecular flexibility index (Phi) is 6.86. The molecule has 0 aliphatic rings. The zero-order valence-corrected chi connectivity index (χ0v) is 14.0. The lowest BCUT2D eigenvalue weighted by Crippen LogP contribution is -2.36. The van der Waals surface area contributed by atoms with Gasteiger partial charge in [0, 0.05) is 10.1 Å². The van der Waals surface area contributed by atoms with Crippen LogP contribution >= 0.6 is 22.6 Å². The van der Waals surface area contributed by atoms with Crippen LogP contribution in [-0.4, -0.2) is 23.7 Å². The summed E-state index contributed by atoms with van der Waals surface area (Å²) in [7, 11) is 0. The smallest absolute Gasteiger partial charge is 0.319 e. The summed E-state index contributed by atoms with van der Waals surface area (Å²) in [6.45, 7) is 3.91. The highest BCUT2D eigenvalue weighted by atomic mass is 127. The summed E-state index contributed by atoms with van der Waals surface area (Å²) in [5, 5.41) is 14.2. The normalized spacial score (nSPS) is 12.0. The van der Waals surface area contributed by atoms with E-state index in [9.17, 15) is 14.0 Å². The minimum absolute atomic E-state index is 0.0527. The molecule has 0 spiro atoms. The number of aliphatic carboxylic acids is 1. The lowest BCUT2D eigenvalue weighted by molar-refractivity contribution is -0.142. The number of carbonyl (C=O) groups excluding carboxylic acids is 1. The fourth-order valence-corrected chi connectivity index (χ4v) is 2.43. The lowest BCUT2D eigenvalue weighted by atomic mass is 9.97. The van der Waals surface area contributed by atoms with Crippen molar-refractivity contribution in [3.05, 3.63) is 27.6 Å². The van der Waals surface area contributed by atoms with E-state index in [1.165, 1.54) is 18.2 Å². The van der Waals surface area contributed by atoms with Crippen molar-refractivity contribution in [3.63, 3.8) is 0 Å². The summed E-state index contributed by atoms with van der Waals surface area (Å²) in [5.41, 5.74) is 0.477. The molecule has 0 saturated heterocycles. The molecule has 7 heteroatoms. The second-order valence-corrected chi connectivity index (χ2v) is 6.29. The Morgan fingerprint density at radius 1 is 1.38 bits per heavy atom. The summed E-state index contributed by atoms with van der Waals surface area (Å²) in [5.74, 6) is -1.70. The Hall–Kier alpha value is -1.38. The van der Waals surface area contributed by atoms with Crippen LogP contribution in [0.4, 0.5) is 14.9 Å². The number of hydrogen-bond acceptors (Lipinski definition) is 2. The van der Waals surface area contributed by atoms with Gasteiger partial charge in [-0.2, -0.15) is 0 Å². The molecule has 0 aliphatic carbocycles. The van der Waals surface area contributed by atoms with E-state index in [4.69, 9.17) is 5.11 Å². The molecule has 0 bridgehead atoms. The molecular weight excluding hydrogens is 390 g/mol. The molecule has 1 unspecified atom stereocenters. The molecular formula is C14H18FIN2O3. The standard InChI is InChI=1S/C14H18FIN2O3/c1-8(2)5-9(13(19)20)7-17-14(21)18-12-4-3-10(15)6-11(12)16/h3-4,6,8-9H,5,7H2,1-2H3,(H,19,20)(H2,17,18,21). The molecule has 0 saturated carbocycles. The second-order valence-electron chi connectivity index (χ2n) is 5.12. The van der Waals surface area contributed by atoms with Crippen LogP contribution in [0.15, 0.2) is 18.2 Å². The number of amides is 2. The van der Waals surface area contributed by atoms with Crippen molar-refractivity contribution in [2.75, 3.05) is 11.9 Å². The fourth-order valence-electron chi connectivity index (χ4n) is 1.81. The van der Waals surface area contributed by atoms with E-state index in [1.807, 2.05) is 36.4 Å². The minimum atomic E-state index is -0.930. The number of hydrogen-bond donors (Lipinski definition) is 3. The molecule has 5 nitrogen and oxygen atoms in total. The Labute approximate surface area is 136 Å². The first kappa shape index (κ1) is 17.7. The molecule has 0 radical (unpaired) electrons. The van der Waals surface area contributed by atoms with Crippen molar-refractivity contribution < 1.29 is 19.1 Å². The molecule has 0 aliphatic heterocycles. The first-order chi connectivity index (χ1) is 9.79. The molecule has 1 aromatic rings. The van der Waals surface area contributed by atoms with E-state index in [2.05, 4.69) is 10.6 Å². The van der Waals surface area contributed by atoms with Crippen LogP contribution in [-0.2, 0) is 4.79 Å². The number of anilines is 1. The SMILES string of the molecule is CC(C)CC(CNC(=O)Nc1ccc(F)cc1I)C(=O)O. The van der Waals surface area contributed by atoms with Gasteiger partial charge in [0.05, 0.1) is 11.6 Å². The number of halogens is 2. The molecule has 0 fully saturated rings. The maximum absolute atomic E-state index is 13.0. The van der Waals surface area contributed by atoms with Gasteiger partial charge in [-0.25, -0.2) is 9.18 Å². The maximum atomic E-state index is 13.0. The van der Waals surface area contributed by atoms with Crippen LogP contribution in [0.25, 0.3) is 0 Å². The topological polar surface area (TPSA) is 78.4 Å². The predicted octanol–water partition coefficient (Wildman–Crippen LogP) is 3.30. The van der Waals surface area contributed by atoms with Gasteiger partial charge in [0.25, 0.3) is 0 Å². The summed E-state index contributed by atoms with van der Waals surface area (Å²) >= 11 is 1.91. The molecule has 3 N–H and O–H groups in total. The molecule has 0 aromatic heterocycles. The molecule has 2 amide bonds. The van der Waals surface area contributed by atoms with E-state index < -0.39 is 17.9 Å². The first-order valence-electron chi connectivity index (χ1n) is 6.52. The Morgan fingerprint density at radius 3 is 2.57 bits per heavy atom. The first-order valence-corrected chi connectivity index (χ1v) is 7.60. The third-order valence-corrected chi connectivity index (χ3v) is 3.69. The quantitative estimate of drug-likeness (QED) is 0.633. The summed E-state index contributed by atoms with van der Waals surface area (Å²) in [6.07, 6.45) is 0.490. The highest BCUT2D eigenvalue weighted by Crippen LogP contribution is 2.19. The van der Waals surface area contributed by atoms with Crippen molar-refractivity contribution >= 4 is 40.3 Å². The van der Waals surface area contributed by atoms with E-state index in [1.54, 1.807) is 0 Å². The van der Waals surface area contributed by atoms with Gasteiger partial charge in [0.1, 0.15) is 5.82 Å². The highest BCUT2D eigenvalue weighted by molar-refractivity contribution is 14.1. The number of rotatable bonds is 6. The molecule has 1 aromatic carbocycles. The van der Waals surface area contributed by atoms with Gasteiger partial charge in [-0.1, -0.05) is 13.8 Å². The monoisotopic (exact) mass is 408 g/mol. The third kappa shape index (κ3) is 6.28. The van der Waals surface area contributed by atoms with Crippen molar-refractivity contribution in [2.45, 2.75) is 20.3 Å². The van der Waals surface area contributed by atoms with Crippen LogP contribution in [0.2, 0.25) is 0 Å². The van der Waals surface area contributed by atoms with Gasteiger partial charge < -0.3 is 15.7 Å². The van der Waals surface area contributed by atoms with Crippen LogP contribution in [0.5, 0.6) is 0 Å². The van der Waals surface area contributed by atoms with Gasteiger partial charge in [-0.3, -0.25) is 4.79 Å². The lowest BCUT2D eigenvalue weighted by Gasteiger charge is -2.16. The highest BCUT2D eigenvalue weighted by Gasteiger charge is 2.19. The summed E-state index contributed by atoms with van der Waals surface area (Å²) < 4.78 is 13.5. The van der Waals surface area contributed by atoms with Crippen molar-refractivity contribution in [1.29, 1.82) is 0 Å². The number of benzene rings is 1. The summed E-state index contributed by atoms with van der Waals surface area (Å²) in [6, 6.07) is 3.50. The van der Waals surface area contributed by atoms with E-state index in [0.717, 1.165) is 0 Å². The fraction of sp³-hybridized carbons (Fsp3) is 0.429. The summed E-state index contributed by atoms with van der Waals surface area (Å²) in [4.78, 5) is 22.8. The predicted molar refractivity (Wildman–Crippen MR) is 86.7 cm³/mol. The average Bonchev–Trinajstić information content (AvgIpc) is 2.37. The zero-order valence-electron chi connectivity index (χ0n) is 11.8. The minimum Gasteiger partial charge on any atom is -0.481 e. The van der Waals surface area contributed by atoms with Crippen molar-refractivity contribution in [3.8, 4) is 0 Å². The van der Waals surface area contributed by atoms with Crippen molar-refractivity contribution in [1.82, 2.24) is 5.32 Å². The zero-order chi connectivity index (χ0) is 16.0. The maximum Gasteiger partial charge on any atom is 0.319 e. The molecule has 21 heavy (non-hydrogen) atoms. The number of carboxylic acid groups (broad SMARTS) is 1. The van der Waals surface area contributed by atoms with E-state index in [0.29, 0.717) is 15.7 Å². The van der Waals surface area contributed by atoms with E-state index >= 15 is 0 Å². The van der Waals surface area contributed by atoms with Gasteiger partial charge in [0.2, 0.25) is 0 Å². The van der Waals surface area contributed by atoms with Crippen LogP contribution in [0, 0.1) is 21.2 Å². The van der Waals surface area contributed by atoms with Gasteiger partial charge in [-0.15, -0.1) is 0 Å². The largest absolute Gasteiger partial charge is 0.481 e. The van der Waals surface area contributed by atoms with Crippen LogP contribution in [0.3, 0.4) is 0 Å². The van der Waals surface area contributed by atoms with Crippen molar-refractivity contribution in [2.24, 2.45) is 11.8 Å². The molecule has 0 heterocycles. The van der Waals surface area contributed by atoms with Gasteiger partial charge in [-0.05, 0) is 53.1 Å². The van der Waals surface area contributed by atoms with Crippen LogP contribution in [0.1, 0.15) is 20.3 Å².